The van der Waals surface area contributed by atoms with Crippen LogP contribution in [0.2, 0.25) is 0 Å². The summed E-state index contributed by atoms with van der Waals surface area (Å²) in [4.78, 5) is 12.4. The molecule has 3 atom stereocenters. The summed E-state index contributed by atoms with van der Waals surface area (Å²) in [5.41, 5.74) is 0.722. The summed E-state index contributed by atoms with van der Waals surface area (Å²) in [6, 6.07) is 4.01. The molecule has 1 aromatic rings. The molecule has 2 fully saturated rings. The number of halogens is 3. The number of fused-ring (bicyclic) bond motifs is 2. The third kappa shape index (κ3) is 3.07. The van der Waals surface area contributed by atoms with Crippen LogP contribution in [0.5, 0.6) is 0 Å². The van der Waals surface area contributed by atoms with Gasteiger partial charge in [0.15, 0.2) is 0 Å². The maximum absolute atomic E-state index is 12.4. The van der Waals surface area contributed by atoms with Gasteiger partial charge in [0.1, 0.15) is 6.10 Å². The average molecular weight is 594 g/mol. The Kier molecular flexibility index (Phi) is 4.63. The van der Waals surface area contributed by atoms with Crippen molar-refractivity contribution in [2.75, 3.05) is 0 Å². The molecule has 2 aliphatic carbocycles. The minimum Gasteiger partial charge on any atom is -0.458 e. The standard InChI is InChI=1S/C14H13I3O2/c15-9-5-10(13(17)11(16)6-9)14(18)19-12-4-7-1-2-8(12)3-7/h5-8,12H,1-4H2. The van der Waals surface area contributed by atoms with Crippen molar-refractivity contribution < 1.29 is 9.53 Å². The van der Waals surface area contributed by atoms with Crippen molar-refractivity contribution in [3.05, 3.63) is 28.4 Å². The molecule has 19 heavy (non-hydrogen) atoms. The van der Waals surface area contributed by atoms with E-state index in [1.807, 2.05) is 6.07 Å². The van der Waals surface area contributed by atoms with Gasteiger partial charge in [-0.15, -0.1) is 0 Å². The van der Waals surface area contributed by atoms with E-state index in [4.69, 9.17) is 4.74 Å². The van der Waals surface area contributed by atoms with Gasteiger partial charge in [-0.05, 0) is 117 Å². The van der Waals surface area contributed by atoms with Crippen LogP contribution in [0.1, 0.15) is 36.0 Å². The number of carbonyl (C=O) groups excluding carboxylic acids is 1. The van der Waals surface area contributed by atoms with Crippen LogP contribution >= 0.6 is 67.8 Å². The van der Waals surface area contributed by atoms with Crippen molar-refractivity contribution in [3.8, 4) is 0 Å². The zero-order chi connectivity index (χ0) is 13.6. The van der Waals surface area contributed by atoms with E-state index in [0.29, 0.717) is 5.92 Å². The summed E-state index contributed by atoms with van der Waals surface area (Å²) in [6.45, 7) is 0. The lowest BCUT2D eigenvalue weighted by atomic mass is 9.98. The van der Waals surface area contributed by atoms with Gasteiger partial charge >= 0.3 is 5.97 Å². The van der Waals surface area contributed by atoms with Gasteiger partial charge in [-0.25, -0.2) is 4.79 Å². The Balaban J connectivity index is 1.77. The number of hydrogen-bond acceptors (Lipinski definition) is 2. The Morgan fingerprint density at radius 3 is 2.58 bits per heavy atom. The third-order valence-electron chi connectivity index (χ3n) is 4.14. The Morgan fingerprint density at radius 2 is 1.95 bits per heavy atom. The van der Waals surface area contributed by atoms with Gasteiger partial charge in [0, 0.05) is 10.7 Å². The van der Waals surface area contributed by atoms with Crippen LogP contribution in [0.4, 0.5) is 0 Å². The summed E-state index contributed by atoms with van der Waals surface area (Å²) >= 11 is 6.76. The van der Waals surface area contributed by atoms with Crippen molar-refractivity contribution in [1.29, 1.82) is 0 Å². The van der Waals surface area contributed by atoms with Gasteiger partial charge < -0.3 is 4.74 Å². The highest BCUT2D eigenvalue weighted by Gasteiger charge is 2.41. The van der Waals surface area contributed by atoms with Gasteiger partial charge in [-0.3, -0.25) is 0 Å². The molecule has 5 heteroatoms. The second-order valence-corrected chi connectivity index (χ2v) is 8.85. The zero-order valence-corrected chi connectivity index (χ0v) is 16.6. The van der Waals surface area contributed by atoms with E-state index in [0.717, 1.165) is 28.6 Å². The van der Waals surface area contributed by atoms with Gasteiger partial charge in [0.05, 0.1) is 5.56 Å². The second-order valence-electron chi connectivity index (χ2n) is 5.37. The first-order chi connectivity index (χ1) is 9.04. The summed E-state index contributed by atoms with van der Waals surface area (Å²) < 4.78 is 8.98. The zero-order valence-electron chi connectivity index (χ0n) is 10.2. The fourth-order valence-electron chi connectivity index (χ4n) is 3.24. The molecular formula is C14H13I3O2. The average Bonchev–Trinajstić information content (AvgIpc) is 2.95. The SMILES string of the molecule is O=C(OC1CC2CCC1C2)c1cc(I)cc(I)c1I. The van der Waals surface area contributed by atoms with Crippen LogP contribution in [0.25, 0.3) is 0 Å². The summed E-state index contributed by atoms with van der Waals surface area (Å²) in [6.07, 6.45) is 5.07. The summed E-state index contributed by atoms with van der Waals surface area (Å²) in [7, 11) is 0. The van der Waals surface area contributed by atoms with Gasteiger partial charge in [0.2, 0.25) is 0 Å². The first-order valence-electron chi connectivity index (χ1n) is 6.40. The van der Waals surface area contributed by atoms with Gasteiger partial charge in [-0.1, -0.05) is 0 Å². The number of benzene rings is 1. The van der Waals surface area contributed by atoms with Crippen LogP contribution in [0.15, 0.2) is 12.1 Å². The van der Waals surface area contributed by atoms with Crippen molar-refractivity contribution in [2.45, 2.75) is 31.8 Å². The Hall–Kier alpha value is 0.880. The van der Waals surface area contributed by atoms with Crippen molar-refractivity contribution in [3.63, 3.8) is 0 Å². The monoisotopic (exact) mass is 594 g/mol. The van der Waals surface area contributed by atoms with Gasteiger partial charge in [-0.2, -0.15) is 0 Å². The molecule has 0 N–H and O–H groups in total. The summed E-state index contributed by atoms with van der Waals surface area (Å²) in [5, 5.41) is 0. The van der Waals surface area contributed by atoms with E-state index in [-0.39, 0.29) is 12.1 Å². The minimum absolute atomic E-state index is 0.140. The van der Waals surface area contributed by atoms with Crippen LogP contribution < -0.4 is 0 Å². The molecule has 0 heterocycles. The molecule has 0 aliphatic heterocycles. The molecule has 1 aromatic carbocycles. The predicted molar refractivity (Wildman–Crippen MR) is 99.2 cm³/mol. The molecule has 2 nitrogen and oxygen atoms in total. The Labute approximate surface area is 153 Å². The molecule has 0 saturated heterocycles. The summed E-state index contributed by atoms with van der Waals surface area (Å²) in [5.74, 6) is 1.28. The lowest BCUT2D eigenvalue weighted by molar-refractivity contribution is 0.0157. The lowest BCUT2D eigenvalue weighted by Gasteiger charge is -2.22. The molecule has 0 radical (unpaired) electrons. The van der Waals surface area contributed by atoms with E-state index in [9.17, 15) is 4.79 Å². The number of rotatable bonds is 2. The fraction of sp³-hybridized carbons (Fsp3) is 0.500. The van der Waals surface area contributed by atoms with Gasteiger partial charge in [0.25, 0.3) is 0 Å². The molecule has 2 aliphatic rings. The molecule has 0 spiro atoms. The van der Waals surface area contributed by atoms with E-state index in [1.54, 1.807) is 0 Å². The molecule has 102 valence electrons. The number of esters is 1. The molecule has 0 aromatic heterocycles. The molecule has 2 saturated carbocycles. The second kappa shape index (κ2) is 5.94. The highest BCUT2D eigenvalue weighted by Crippen LogP contribution is 2.46. The first-order valence-corrected chi connectivity index (χ1v) is 9.63. The highest BCUT2D eigenvalue weighted by atomic mass is 127. The van der Waals surface area contributed by atoms with Crippen LogP contribution in [-0.4, -0.2) is 12.1 Å². The van der Waals surface area contributed by atoms with E-state index in [1.165, 1.54) is 19.3 Å². The molecule has 0 amide bonds. The Morgan fingerprint density at radius 1 is 1.16 bits per heavy atom. The molecule has 3 unspecified atom stereocenters. The van der Waals surface area contributed by atoms with Crippen LogP contribution in [-0.2, 0) is 4.74 Å². The largest absolute Gasteiger partial charge is 0.458 e. The maximum atomic E-state index is 12.4. The van der Waals surface area contributed by atoms with Crippen molar-refractivity contribution >= 4 is 73.7 Å². The maximum Gasteiger partial charge on any atom is 0.339 e. The normalized spacial score (nSPS) is 28.7. The third-order valence-corrected chi connectivity index (χ3v) is 7.81. The highest BCUT2D eigenvalue weighted by molar-refractivity contribution is 14.1. The van der Waals surface area contributed by atoms with E-state index >= 15 is 0 Å². The molecule has 2 bridgehead atoms. The minimum atomic E-state index is -0.140. The Bertz CT molecular complexity index is 530. The lowest BCUT2D eigenvalue weighted by Crippen LogP contribution is -2.24. The smallest absolute Gasteiger partial charge is 0.339 e. The predicted octanol–water partition coefficient (Wildman–Crippen LogP) is 4.85. The van der Waals surface area contributed by atoms with Crippen LogP contribution in [0.3, 0.4) is 0 Å². The quantitative estimate of drug-likeness (QED) is 0.279. The first kappa shape index (κ1) is 14.8. The topological polar surface area (TPSA) is 26.3 Å². The van der Waals surface area contributed by atoms with Crippen molar-refractivity contribution in [2.24, 2.45) is 11.8 Å². The van der Waals surface area contributed by atoms with Crippen LogP contribution in [0, 0.1) is 22.5 Å². The van der Waals surface area contributed by atoms with Crippen molar-refractivity contribution in [1.82, 2.24) is 0 Å². The molecule has 3 rings (SSSR count). The number of hydrogen-bond donors (Lipinski definition) is 0. The fourth-order valence-corrected chi connectivity index (χ4v) is 5.61. The van der Waals surface area contributed by atoms with E-state index < -0.39 is 0 Å². The molecular weight excluding hydrogens is 581 g/mol. The number of carbonyl (C=O) groups is 1. The van der Waals surface area contributed by atoms with E-state index in [2.05, 4.69) is 73.8 Å². The number of ether oxygens (including phenoxy) is 1.